The summed E-state index contributed by atoms with van der Waals surface area (Å²) in [5.74, 6) is 0. The quantitative estimate of drug-likeness (QED) is 0.717. The second-order valence-electron chi connectivity index (χ2n) is 4.08. The van der Waals surface area contributed by atoms with Crippen molar-refractivity contribution in [1.29, 1.82) is 0 Å². The van der Waals surface area contributed by atoms with E-state index in [9.17, 15) is 4.57 Å². The Balaban J connectivity index is 2.65. The summed E-state index contributed by atoms with van der Waals surface area (Å²) in [5, 5.41) is 0. The average Bonchev–Trinajstić information content (AvgIpc) is 2.02. The van der Waals surface area contributed by atoms with Crippen LogP contribution in [0.15, 0.2) is 0 Å². The molecule has 0 saturated heterocycles. The van der Waals surface area contributed by atoms with Gasteiger partial charge in [0.2, 0.25) is 0 Å². The summed E-state index contributed by atoms with van der Waals surface area (Å²) in [4.78, 5) is 17.7. The van der Waals surface area contributed by atoms with Gasteiger partial charge in [-0.25, -0.2) is 4.57 Å². The Kier molecular flexibility index (Phi) is 4.14. The van der Waals surface area contributed by atoms with E-state index in [1.807, 2.05) is 6.92 Å². The highest BCUT2D eigenvalue weighted by Crippen LogP contribution is 2.48. The van der Waals surface area contributed by atoms with Gasteiger partial charge in [0.05, 0.1) is 5.60 Å². The van der Waals surface area contributed by atoms with Gasteiger partial charge in [0.15, 0.2) is 0 Å². The van der Waals surface area contributed by atoms with Gasteiger partial charge in [0.1, 0.15) is 0 Å². The summed E-state index contributed by atoms with van der Waals surface area (Å²) in [7, 11) is -4.33. The Morgan fingerprint density at radius 2 is 1.86 bits per heavy atom. The fourth-order valence-electron chi connectivity index (χ4n) is 2.29. The summed E-state index contributed by atoms with van der Waals surface area (Å²) in [6.45, 7) is 2.01. The highest BCUT2D eigenvalue weighted by atomic mass is 31.2. The van der Waals surface area contributed by atoms with Crippen LogP contribution in [0.5, 0.6) is 0 Å². The van der Waals surface area contributed by atoms with Gasteiger partial charge in [-0.05, 0) is 19.3 Å². The summed E-state index contributed by atoms with van der Waals surface area (Å²) in [6, 6.07) is 0. The number of hydrogen-bond donors (Lipinski definition) is 2. The lowest BCUT2D eigenvalue weighted by Crippen LogP contribution is -2.33. The van der Waals surface area contributed by atoms with Crippen molar-refractivity contribution in [3.63, 3.8) is 0 Å². The maximum atomic E-state index is 10.9. The number of phosphoric acid groups is 1. The van der Waals surface area contributed by atoms with Gasteiger partial charge in [-0.2, -0.15) is 0 Å². The molecule has 0 unspecified atom stereocenters. The normalized spacial score (nSPS) is 22.2. The smallest absolute Gasteiger partial charge is 0.303 e. The molecule has 0 aliphatic heterocycles. The zero-order chi connectivity index (χ0) is 10.7. The van der Waals surface area contributed by atoms with Crippen LogP contribution < -0.4 is 0 Å². The molecule has 5 heteroatoms. The van der Waals surface area contributed by atoms with Crippen LogP contribution in [0, 0.1) is 0 Å². The molecule has 0 radical (unpaired) electrons. The Morgan fingerprint density at radius 3 is 2.29 bits per heavy atom. The number of phosphoric ester groups is 1. The minimum Gasteiger partial charge on any atom is -0.303 e. The summed E-state index contributed by atoms with van der Waals surface area (Å²) in [6.07, 6.45) is 6.39. The first-order chi connectivity index (χ1) is 6.47. The van der Waals surface area contributed by atoms with Gasteiger partial charge in [0, 0.05) is 0 Å². The van der Waals surface area contributed by atoms with Gasteiger partial charge in [-0.1, -0.05) is 32.6 Å². The van der Waals surface area contributed by atoms with Crippen molar-refractivity contribution >= 4 is 7.82 Å². The Bertz CT molecular complexity index is 211. The number of rotatable bonds is 4. The van der Waals surface area contributed by atoms with Crippen LogP contribution in [0.3, 0.4) is 0 Å². The lowest BCUT2D eigenvalue weighted by molar-refractivity contribution is -0.00449. The lowest BCUT2D eigenvalue weighted by Gasteiger charge is -2.36. The van der Waals surface area contributed by atoms with Crippen LogP contribution in [-0.2, 0) is 9.09 Å². The standard InChI is InChI=1S/C9H19O4P/c1-2-6-9(13-14(10,11)12)7-4-3-5-8-9/h2-8H2,1H3,(H2,10,11,12). The minimum atomic E-state index is -4.33. The zero-order valence-corrected chi connectivity index (χ0v) is 9.50. The fourth-order valence-corrected chi connectivity index (χ4v) is 3.07. The van der Waals surface area contributed by atoms with E-state index in [-0.39, 0.29) is 0 Å². The fraction of sp³-hybridized carbons (Fsp3) is 1.00. The molecule has 84 valence electrons. The van der Waals surface area contributed by atoms with E-state index in [1.54, 1.807) is 0 Å². The van der Waals surface area contributed by atoms with Crippen molar-refractivity contribution in [2.75, 3.05) is 0 Å². The van der Waals surface area contributed by atoms with Gasteiger partial charge in [0.25, 0.3) is 0 Å². The second kappa shape index (κ2) is 4.75. The van der Waals surface area contributed by atoms with E-state index in [2.05, 4.69) is 0 Å². The molecule has 1 rings (SSSR count). The van der Waals surface area contributed by atoms with Gasteiger partial charge >= 0.3 is 7.82 Å². The molecule has 14 heavy (non-hydrogen) atoms. The molecular formula is C9H19O4P. The van der Waals surface area contributed by atoms with Gasteiger partial charge < -0.3 is 9.79 Å². The van der Waals surface area contributed by atoms with E-state index in [1.165, 1.54) is 0 Å². The Morgan fingerprint density at radius 1 is 1.29 bits per heavy atom. The molecule has 1 aliphatic rings. The van der Waals surface area contributed by atoms with Crippen molar-refractivity contribution < 1.29 is 18.9 Å². The lowest BCUT2D eigenvalue weighted by atomic mass is 9.82. The third kappa shape index (κ3) is 3.70. The Hall–Kier alpha value is 0.110. The number of hydrogen-bond acceptors (Lipinski definition) is 2. The molecule has 0 aromatic carbocycles. The molecule has 0 aromatic heterocycles. The van der Waals surface area contributed by atoms with Crippen molar-refractivity contribution in [3.05, 3.63) is 0 Å². The minimum absolute atomic E-state index is 0.550. The molecule has 1 fully saturated rings. The first-order valence-corrected chi connectivity index (χ1v) is 6.77. The average molecular weight is 222 g/mol. The monoisotopic (exact) mass is 222 g/mol. The van der Waals surface area contributed by atoms with Crippen LogP contribution in [0.2, 0.25) is 0 Å². The summed E-state index contributed by atoms with van der Waals surface area (Å²) >= 11 is 0. The predicted octanol–water partition coefficient (Wildman–Crippen LogP) is 2.60. The van der Waals surface area contributed by atoms with Gasteiger partial charge in [-0.3, -0.25) is 4.52 Å². The van der Waals surface area contributed by atoms with Crippen LogP contribution in [0.4, 0.5) is 0 Å². The molecule has 1 saturated carbocycles. The third-order valence-electron chi connectivity index (χ3n) is 2.78. The van der Waals surface area contributed by atoms with E-state index >= 15 is 0 Å². The van der Waals surface area contributed by atoms with E-state index in [0.717, 1.165) is 44.9 Å². The molecule has 0 atom stereocenters. The molecule has 0 amide bonds. The maximum absolute atomic E-state index is 10.9. The molecule has 0 aromatic rings. The molecule has 0 spiro atoms. The largest absolute Gasteiger partial charge is 0.470 e. The molecular weight excluding hydrogens is 203 g/mol. The van der Waals surface area contributed by atoms with Crippen molar-refractivity contribution in [3.8, 4) is 0 Å². The topological polar surface area (TPSA) is 66.8 Å². The van der Waals surface area contributed by atoms with Crippen LogP contribution in [-0.4, -0.2) is 15.4 Å². The van der Waals surface area contributed by atoms with E-state index in [4.69, 9.17) is 14.3 Å². The Labute approximate surface area is 84.9 Å². The van der Waals surface area contributed by atoms with Crippen LogP contribution >= 0.6 is 7.82 Å². The summed E-state index contributed by atoms with van der Waals surface area (Å²) < 4.78 is 15.8. The maximum Gasteiger partial charge on any atom is 0.470 e. The van der Waals surface area contributed by atoms with Crippen molar-refractivity contribution in [1.82, 2.24) is 0 Å². The van der Waals surface area contributed by atoms with Gasteiger partial charge in [-0.15, -0.1) is 0 Å². The van der Waals surface area contributed by atoms with E-state index in [0.29, 0.717) is 0 Å². The molecule has 0 bridgehead atoms. The SMILES string of the molecule is CCCC1(OP(=O)(O)O)CCCCC1. The molecule has 1 aliphatic carbocycles. The zero-order valence-electron chi connectivity index (χ0n) is 8.61. The first kappa shape index (κ1) is 12.2. The van der Waals surface area contributed by atoms with Crippen LogP contribution in [0.25, 0.3) is 0 Å². The first-order valence-electron chi connectivity index (χ1n) is 5.24. The highest BCUT2D eigenvalue weighted by molar-refractivity contribution is 7.46. The van der Waals surface area contributed by atoms with Crippen molar-refractivity contribution in [2.45, 2.75) is 57.5 Å². The molecule has 4 nitrogen and oxygen atoms in total. The highest BCUT2D eigenvalue weighted by Gasteiger charge is 2.37. The van der Waals surface area contributed by atoms with E-state index < -0.39 is 13.4 Å². The molecule has 2 N–H and O–H groups in total. The molecule has 0 heterocycles. The van der Waals surface area contributed by atoms with Crippen molar-refractivity contribution in [2.24, 2.45) is 0 Å². The second-order valence-corrected chi connectivity index (χ2v) is 5.24. The summed E-state index contributed by atoms with van der Waals surface area (Å²) in [5.41, 5.74) is -0.550. The van der Waals surface area contributed by atoms with Crippen LogP contribution in [0.1, 0.15) is 51.9 Å². The third-order valence-corrected chi connectivity index (χ3v) is 3.41. The predicted molar refractivity (Wildman–Crippen MR) is 53.9 cm³/mol.